The topological polar surface area (TPSA) is 68.3 Å². The summed E-state index contributed by atoms with van der Waals surface area (Å²) in [6.45, 7) is 2.51. The minimum absolute atomic E-state index is 0.0312. The first-order valence-electron chi connectivity index (χ1n) is 6.53. The Hall–Kier alpha value is -1.73. The molecule has 1 saturated carbocycles. The van der Waals surface area contributed by atoms with Crippen LogP contribution in [0, 0.1) is 16.7 Å². The van der Waals surface area contributed by atoms with Crippen molar-refractivity contribution in [1.82, 2.24) is 0 Å². The molecule has 4 heteroatoms. The molecule has 1 unspecified atom stereocenters. The summed E-state index contributed by atoms with van der Waals surface area (Å²) in [6, 6.07) is 7.95. The molecule has 2 N–H and O–H groups in total. The molecule has 2 rings (SSSR count). The molecular formula is C15H20N2O2. The van der Waals surface area contributed by atoms with Gasteiger partial charge in [-0.25, -0.2) is 0 Å². The summed E-state index contributed by atoms with van der Waals surface area (Å²) in [5.41, 5.74) is 6.93. The van der Waals surface area contributed by atoms with E-state index in [9.17, 15) is 0 Å². The van der Waals surface area contributed by atoms with E-state index in [-0.39, 0.29) is 11.5 Å². The first kappa shape index (κ1) is 13.7. The molecule has 19 heavy (non-hydrogen) atoms. The Bertz CT molecular complexity index is 487. The van der Waals surface area contributed by atoms with Crippen LogP contribution in [-0.4, -0.2) is 13.7 Å². The van der Waals surface area contributed by atoms with E-state index in [2.05, 4.69) is 6.07 Å². The van der Waals surface area contributed by atoms with Gasteiger partial charge in [-0.1, -0.05) is 6.07 Å². The number of nitrogens with two attached hydrogens (primary N) is 1. The Morgan fingerprint density at radius 1 is 1.42 bits per heavy atom. The molecule has 0 aromatic heterocycles. The van der Waals surface area contributed by atoms with Crippen LogP contribution >= 0.6 is 0 Å². The smallest absolute Gasteiger partial charge is 0.161 e. The fourth-order valence-corrected chi connectivity index (χ4v) is 2.03. The van der Waals surface area contributed by atoms with Crippen LogP contribution in [0.25, 0.3) is 0 Å². The SMILES string of the molecule is COc1cc(C(C)N)ccc1OCC1(CC#N)CC1. The lowest BCUT2D eigenvalue weighted by molar-refractivity contribution is 0.227. The van der Waals surface area contributed by atoms with Crippen LogP contribution in [0.2, 0.25) is 0 Å². The Labute approximate surface area is 114 Å². The lowest BCUT2D eigenvalue weighted by Gasteiger charge is -2.16. The van der Waals surface area contributed by atoms with Crippen molar-refractivity contribution in [2.75, 3.05) is 13.7 Å². The molecule has 0 spiro atoms. The van der Waals surface area contributed by atoms with E-state index < -0.39 is 0 Å². The van der Waals surface area contributed by atoms with Crippen LogP contribution < -0.4 is 15.2 Å². The number of methoxy groups -OCH3 is 1. The van der Waals surface area contributed by atoms with E-state index in [4.69, 9.17) is 20.5 Å². The predicted octanol–water partition coefficient (Wildman–Crippen LogP) is 2.79. The highest BCUT2D eigenvalue weighted by Crippen LogP contribution is 2.49. The molecule has 1 aromatic rings. The van der Waals surface area contributed by atoms with Gasteiger partial charge in [-0.3, -0.25) is 0 Å². The van der Waals surface area contributed by atoms with Crippen molar-refractivity contribution >= 4 is 0 Å². The highest BCUT2D eigenvalue weighted by molar-refractivity contribution is 5.43. The van der Waals surface area contributed by atoms with Gasteiger partial charge in [0, 0.05) is 17.9 Å². The summed E-state index contributed by atoms with van der Waals surface area (Å²) in [5, 5.41) is 8.79. The zero-order valence-corrected chi connectivity index (χ0v) is 11.5. The Morgan fingerprint density at radius 3 is 2.68 bits per heavy atom. The van der Waals surface area contributed by atoms with Gasteiger partial charge in [-0.2, -0.15) is 5.26 Å². The molecule has 1 aliphatic rings. The summed E-state index contributed by atoms with van der Waals surface area (Å²) in [4.78, 5) is 0. The van der Waals surface area contributed by atoms with Gasteiger partial charge < -0.3 is 15.2 Å². The van der Waals surface area contributed by atoms with Crippen LogP contribution in [0.1, 0.15) is 37.8 Å². The fourth-order valence-electron chi connectivity index (χ4n) is 2.03. The largest absolute Gasteiger partial charge is 0.493 e. The first-order chi connectivity index (χ1) is 9.10. The molecule has 0 radical (unpaired) electrons. The van der Waals surface area contributed by atoms with E-state index >= 15 is 0 Å². The summed E-state index contributed by atoms with van der Waals surface area (Å²) in [5.74, 6) is 1.42. The van der Waals surface area contributed by atoms with Crippen LogP contribution in [0.3, 0.4) is 0 Å². The van der Waals surface area contributed by atoms with Crippen LogP contribution in [0.15, 0.2) is 18.2 Å². The van der Waals surface area contributed by atoms with Crippen molar-refractivity contribution in [3.05, 3.63) is 23.8 Å². The zero-order valence-electron chi connectivity index (χ0n) is 11.5. The van der Waals surface area contributed by atoms with E-state index in [0.717, 1.165) is 24.2 Å². The normalized spacial score (nSPS) is 17.4. The van der Waals surface area contributed by atoms with E-state index in [1.54, 1.807) is 7.11 Å². The van der Waals surface area contributed by atoms with Gasteiger partial charge in [0.2, 0.25) is 0 Å². The van der Waals surface area contributed by atoms with E-state index in [1.165, 1.54) is 0 Å². The zero-order chi connectivity index (χ0) is 13.9. The maximum absolute atomic E-state index is 8.79. The molecule has 1 fully saturated rings. The number of rotatable bonds is 6. The van der Waals surface area contributed by atoms with Crippen molar-refractivity contribution in [1.29, 1.82) is 5.26 Å². The van der Waals surface area contributed by atoms with Gasteiger partial charge in [-0.15, -0.1) is 0 Å². The predicted molar refractivity (Wildman–Crippen MR) is 73.0 cm³/mol. The van der Waals surface area contributed by atoms with Gasteiger partial charge in [0.1, 0.15) is 0 Å². The number of nitrogens with zero attached hydrogens (tertiary/aromatic N) is 1. The summed E-state index contributed by atoms with van der Waals surface area (Å²) >= 11 is 0. The maximum atomic E-state index is 8.79. The minimum atomic E-state index is -0.0312. The summed E-state index contributed by atoms with van der Waals surface area (Å²) in [6.07, 6.45) is 2.70. The lowest BCUT2D eigenvalue weighted by Crippen LogP contribution is -2.13. The second-order valence-corrected chi connectivity index (χ2v) is 5.32. The second-order valence-electron chi connectivity index (χ2n) is 5.32. The van der Waals surface area contributed by atoms with Crippen molar-refractivity contribution in [2.45, 2.75) is 32.2 Å². The van der Waals surface area contributed by atoms with Crippen LogP contribution in [0.5, 0.6) is 11.5 Å². The molecule has 0 saturated heterocycles. The molecule has 0 bridgehead atoms. The number of benzene rings is 1. The third-order valence-corrected chi connectivity index (χ3v) is 3.66. The number of ether oxygens (including phenoxy) is 2. The number of hydrogen-bond acceptors (Lipinski definition) is 4. The summed E-state index contributed by atoms with van der Waals surface area (Å²) < 4.78 is 11.2. The van der Waals surface area contributed by atoms with Gasteiger partial charge in [0.25, 0.3) is 0 Å². The quantitative estimate of drug-likeness (QED) is 0.854. The van der Waals surface area contributed by atoms with Crippen molar-refractivity contribution in [3.8, 4) is 17.6 Å². The van der Waals surface area contributed by atoms with E-state index in [0.29, 0.717) is 18.8 Å². The minimum Gasteiger partial charge on any atom is -0.493 e. The van der Waals surface area contributed by atoms with Crippen molar-refractivity contribution in [3.63, 3.8) is 0 Å². The molecule has 102 valence electrons. The molecule has 1 atom stereocenters. The first-order valence-corrected chi connectivity index (χ1v) is 6.53. The Balaban J connectivity index is 2.06. The van der Waals surface area contributed by atoms with Gasteiger partial charge in [0.05, 0.1) is 19.8 Å². The average Bonchev–Trinajstić information content (AvgIpc) is 3.16. The van der Waals surface area contributed by atoms with Crippen molar-refractivity contribution < 1.29 is 9.47 Å². The standard InChI is InChI=1S/C15H20N2O2/c1-11(17)12-3-4-13(14(9-12)18-2)19-10-15(5-6-15)7-8-16/h3-4,9,11H,5-7,10,17H2,1-2H3. The summed E-state index contributed by atoms with van der Waals surface area (Å²) in [7, 11) is 1.62. The molecule has 0 aliphatic heterocycles. The highest BCUT2D eigenvalue weighted by atomic mass is 16.5. The number of nitriles is 1. The number of hydrogen-bond donors (Lipinski definition) is 1. The van der Waals surface area contributed by atoms with Gasteiger partial charge in [-0.05, 0) is 37.5 Å². The Kier molecular flexibility index (Phi) is 3.96. The van der Waals surface area contributed by atoms with E-state index in [1.807, 2.05) is 25.1 Å². The third kappa shape index (κ3) is 3.18. The molecular weight excluding hydrogens is 240 g/mol. The molecule has 0 heterocycles. The molecule has 4 nitrogen and oxygen atoms in total. The monoisotopic (exact) mass is 260 g/mol. The maximum Gasteiger partial charge on any atom is 0.161 e. The third-order valence-electron chi connectivity index (χ3n) is 3.66. The lowest BCUT2D eigenvalue weighted by atomic mass is 10.1. The molecule has 0 amide bonds. The molecule has 1 aromatic carbocycles. The average molecular weight is 260 g/mol. The van der Waals surface area contributed by atoms with Crippen LogP contribution in [-0.2, 0) is 0 Å². The highest BCUT2D eigenvalue weighted by Gasteiger charge is 2.43. The molecule has 1 aliphatic carbocycles. The second kappa shape index (κ2) is 5.50. The van der Waals surface area contributed by atoms with Crippen molar-refractivity contribution in [2.24, 2.45) is 11.1 Å². The fraction of sp³-hybridized carbons (Fsp3) is 0.533. The van der Waals surface area contributed by atoms with Crippen LogP contribution in [0.4, 0.5) is 0 Å². The van der Waals surface area contributed by atoms with Gasteiger partial charge in [0.15, 0.2) is 11.5 Å². The Morgan fingerprint density at radius 2 is 2.16 bits per heavy atom. The van der Waals surface area contributed by atoms with Gasteiger partial charge >= 0.3 is 0 Å².